The number of ether oxygens (including phenoxy) is 1. The average Bonchev–Trinajstić information content (AvgIpc) is 3.13. The van der Waals surface area contributed by atoms with E-state index < -0.39 is 16.1 Å². The lowest BCUT2D eigenvalue weighted by Gasteiger charge is -2.22. The quantitative estimate of drug-likeness (QED) is 0.490. The molecule has 0 unspecified atom stereocenters. The highest BCUT2D eigenvalue weighted by Crippen LogP contribution is 2.39. The van der Waals surface area contributed by atoms with E-state index in [2.05, 4.69) is 26.0 Å². The van der Waals surface area contributed by atoms with Gasteiger partial charge in [-0.2, -0.15) is 9.52 Å². The van der Waals surface area contributed by atoms with Gasteiger partial charge in [0.2, 0.25) is 10.0 Å². The van der Waals surface area contributed by atoms with Crippen molar-refractivity contribution in [1.29, 1.82) is 0 Å². The lowest BCUT2D eigenvalue weighted by atomic mass is 9.99. The number of sulfonamides is 1. The Morgan fingerprint density at radius 1 is 1.21 bits per heavy atom. The molecule has 0 radical (unpaired) electrons. The van der Waals surface area contributed by atoms with E-state index in [1.54, 1.807) is 13.2 Å². The van der Waals surface area contributed by atoms with Crippen LogP contribution in [0.4, 0.5) is 0 Å². The van der Waals surface area contributed by atoms with Crippen molar-refractivity contribution in [2.24, 2.45) is 5.10 Å². The smallest absolute Gasteiger partial charge is 0.247 e. The maximum Gasteiger partial charge on any atom is 0.247 e. The maximum absolute atomic E-state index is 12.5. The van der Waals surface area contributed by atoms with E-state index in [1.807, 2.05) is 42.5 Å². The normalized spacial score (nSPS) is 16.9. The summed E-state index contributed by atoms with van der Waals surface area (Å²) in [5, 5.41) is 5.45. The lowest BCUT2D eigenvalue weighted by Crippen LogP contribution is -2.26. The minimum Gasteiger partial charge on any atom is -0.494 e. The van der Waals surface area contributed by atoms with E-state index in [9.17, 15) is 8.42 Å². The van der Waals surface area contributed by atoms with Crippen molar-refractivity contribution in [3.8, 4) is 5.75 Å². The van der Waals surface area contributed by atoms with Gasteiger partial charge in [0.05, 0.1) is 25.1 Å². The van der Waals surface area contributed by atoms with Crippen LogP contribution in [0.25, 0.3) is 10.9 Å². The first kappa shape index (κ1) is 20.1. The van der Waals surface area contributed by atoms with Gasteiger partial charge in [0.1, 0.15) is 16.4 Å². The minimum absolute atomic E-state index is 0.230. The Morgan fingerprint density at radius 3 is 2.59 bits per heavy atom. The van der Waals surface area contributed by atoms with Crippen LogP contribution in [0.15, 0.2) is 58.1 Å². The van der Waals surface area contributed by atoms with E-state index in [0.717, 1.165) is 26.1 Å². The molecule has 4 rings (SSSR count). The summed E-state index contributed by atoms with van der Waals surface area (Å²) < 4.78 is 32.3. The van der Waals surface area contributed by atoms with Crippen LogP contribution in [0.2, 0.25) is 5.15 Å². The SMILES string of the molecule is COc1cccc2cc([C@H]3CC(c4ccc(Br)cc4)=NN3S(C)(=O)=O)c(Cl)nc12. The van der Waals surface area contributed by atoms with Gasteiger partial charge in [0.15, 0.2) is 0 Å². The number of nitrogens with zero attached hydrogens (tertiary/aromatic N) is 3. The first-order valence-electron chi connectivity index (χ1n) is 8.74. The third-order valence-electron chi connectivity index (χ3n) is 4.76. The van der Waals surface area contributed by atoms with E-state index in [1.165, 1.54) is 0 Å². The molecule has 1 aliphatic heterocycles. The molecule has 0 spiro atoms. The lowest BCUT2D eigenvalue weighted by molar-refractivity contribution is 0.374. The van der Waals surface area contributed by atoms with Crippen LogP contribution in [-0.2, 0) is 10.0 Å². The number of fused-ring (bicyclic) bond motifs is 1. The summed E-state index contributed by atoms with van der Waals surface area (Å²) in [5.41, 5.74) is 2.76. The second-order valence-electron chi connectivity index (χ2n) is 6.71. The number of benzene rings is 2. The van der Waals surface area contributed by atoms with Gasteiger partial charge in [-0.15, -0.1) is 0 Å². The monoisotopic (exact) mass is 493 g/mol. The molecule has 6 nitrogen and oxygen atoms in total. The molecule has 0 fully saturated rings. The highest BCUT2D eigenvalue weighted by atomic mass is 79.9. The Hall–Kier alpha value is -2.16. The molecule has 0 saturated carbocycles. The van der Waals surface area contributed by atoms with Gasteiger partial charge < -0.3 is 4.74 Å². The van der Waals surface area contributed by atoms with Crippen molar-refractivity contribution in [3.63, 3.8) is 0 Å². The Balaban J connectivity index is 1.81. The molecule has 9 heteroatoms. The van der Waals surface area contributed by atoms with Crippen molar-refractivity contribution in [2.45, 2.75) is 12.5 Å². The summed E-state index contributed by atoms with van der Waals surface area (Å²) in [4.78, 5) is 4.48. The summed E-state index contributed by atoms with van der Waals surface area (Å²) in [7, 11) is -2.04. The van der Waals surface area contributed by atoms with Gasteiger partial charge in [-0.25, -0.2) is 13.4 Å². The third kappa shape index (κ3) is 3.84. The summed E-state index contributed by atoms with van der Waals surface area (Å²) in [6.45, 7) is 0. The molecule has 0 saturated heterocycles. The molecule has 2 aromatic carbocycles. The fraction of sp³-hybridized carbons (Fsp3) is 0.200. The Kier molecular flexibility index (Phi) is 5.27. The number of methoxy groups -OCH3 is 1. The van der Waals surface area contributed by atoms with Crippen LogP contribution in [0, 0.1) is 0 Å². The largest absolute Gasteiger partial charge is 0.494 e. The number of halogens is 2. The predicted octanol–water partition coefficient (Wildman–Crippen LogP) is 4.77. The Labute approximate surface area is 182 Å². The zero-order chi connectivity index (χ0) is 20.8. The van der Waals surface area contributed by atoms with Crippen LogP contribution in [0.3, 0.4) is 0 Å². The van der Waals surface area contributed by atoms with Crippen LogP contribution in [-0.4, -0.2) is 36.9 Å². The molecule has 3 aromatic rings. The van der Waals surface area contributed by atoms with Gasteiger partial charge in [-0.3, -0.25) is 0 Å². The Morgan fingerprint density at radius 2 is 1.93 bits per heavy atom. The molecule has 0 amide bonds. The fourth-order valence-electron chi connectivity index (χ4n) is 3.41. The molecule has 0 N–H and O–H groups in total. The second kappa shape index (κ2) is 7.59. The zero-order valence-electron chi connectivity index (χ0n) is 15.6. The van der Waals surface area contributed by atoms with Crippen molar-refractivity contribution in [3.05, 3.63) is 69.3 Å². The number of para-hydroxylation sites is 1. The summed E-state index contributed by atoms with van der Waals surface area (Å²) >= 11 is 9.91. The number of rotatable bonds is 4. The van der Waals surface area contributed by atoms with E-state index in [4.69, 9.17) is 16.3 Å². The standard InChI is InChI=1S/C20H17BrClN3O3S/c1-28-18-5-3-4-13-10-15(20(22)23-19(13)18)17-11-16(24-25(17)29(2,26)27)12-6-8-14(21)9-7-12/h3-10,17H,11H2,1-2H3/t17-/m1/s1. The molecule has 29 heavy (non-hydrogen) atoms. The van der Waals surface area contributed by atoms with Crippen LogP contribution in [0.5, 0.6) is 5.75 Å². The number of hydrogen-bond acceptors (Lipinski definition) is 5. The molecule has 1 aromatic heterocycles. The summed E-state index contributed by atoms with van der Waals surface area (Å²) in [5.74, 6) is 0.606. The van der Waals surface area contributed by atoms with Crippen LogP contribution in [0.1, 0.15) is 23.6 Å². The molecule has 2 heterocycles. The molecule has 0 bridgehead atoms. The van der Waals surface area contributed by atoms with Gasteiger partial charge in [0.25, 0.3) is 0 Å². The van der Waals surface area contributed by atoms with Crippen LogP contribution >= 0.6 is 27.5 Å². The van der Waals surface area contributed by atoms with Gasteiger partial charge in [0, 0.05) is 21.8 Å². The van der Waals surface area contributed by atoms with E-state index >= 15 is 0 Å². The number of pyridine rings is 1. The van der Waals surface area contributed by atoms with E-state index in [0.29, 0.717) is 29.0 Å². The van der Waals surface area contributed by atoms with Crippen LogP contribution < -0.4 is 4.74 Å². The topological polar surface area (TPSA) is 71.9 Å². The average molecular weight is 495 g/mol. The fourth-order valence-corrected chi connectivity index (χ4v) is 4.83. The highest BCUT2D eigenvalue weighted by molar-refractivity contribution is 9.10. The predicted molar refractivity (Wildman–Crippen MR) is 118 cm³/mol. The number of hydrogen-bond donors (Lipinski definition) is 0. The molecule has 0 aliphatic carbocycles. The first-order valence-corrected chi connectivity index (χ1v) is 11.8. The molecular formula is C20H17BrClN3O3S. The van der Waals surface area contributed by atoms with Crippen molar-refractivity contribution >= 4 is 54.2 Å². The molecule has 150 valence electrons. The van der Waals surface area contributed by atoms with Crippen molar-refractivity contribution in [1.82, 2.24) is 9.40 Å². The molecular weight excluding hydrogens is 478 g/mol. The van der Waals surface area contributed by atoms with Gasteiger partial charge in [-0.05, 0) is 29.8 Å². The van der Waals surface area contributed by atoms with Crippen molar-refractivity contribution in [2.75, 3.05) is 13.4 Å². The maximum atomic E-state index is 12.5. The van der Waals surface area contributed by atoms with E-state index in [-0.39, 0.29) is 5.15 Å². The molecule has 1 atom stereocenters. The van der Waals surface area contributed by atoms with Gasteiger partial charge in [-0.1, -0.05) is 51.8 Å². The zero-order valence-corrected chi connectivity index (χ0v) is 18.8. The summed E-state index contributed by atoms with van der Waals surface area (Å²) in [6, 6.07) is 14.4. The minimum atomic E-state index is -3.61. The highest BCUT2D eigenvalue weighted by Gasteiger charge is 2.36. The Bertz CT molecular complexity index is 1230. The third-order valence-corrected chi connectivity index (χ3v) is 6.61. The van der Waals surface area contributed by atoms with Gasteiger partial charge >= 0.3 is 0 Å². The molecule has 1 aliphatic rings. The first-order chi connectivity index (χ1) is 13.8. The number of hydrazone groups is 1. The summed E-state index contributed by atoms with van der Waals surface area (Å²) in [6.07, 6.45) is 1.53. The number of aromatic nitrogens is 1. The van der Waals surface area contributed by atoms with Crippen molar-refractivity contribution < 1.29 is 13.2 Å². The second-order valence-corrected chi connectivity index (χ2v) is 9.82.